The van der Waals surface area contributed by atoms with Gasteiger partial charge in [0.2, 0.25) is 5.91 Å². The third-order valence-corrected chi connectivity index (χ3v) is 4.97. The van der Waals surface area contributed by atoms with Crippen molar-refractivity contribution >= 4 is 17.7 Å². The molecule has 1 heterocycles. The summed E-state index contributed by atoms with van der Waals surface area (Å²) in [5, 5.41) is 0.0489. The van der Waals surface area contributed by atoms with Gasteiger partial charge in [-0.2, -0.15) is 0 Å². The first kappa shape index (κ1) is 15.7. The fourth-order valence-corrected chi connectivity index (χ4v) is 3.74. The number of carbonyl (C=O) groups is 1. The fourth-order valence-electron chi connectivity index (χ4n) is 2.52. The number of hydrogen-bond acceptors (Lipinski definition) is 4. The number of benzene rings is 2. The second-order valence-electron chi connectivity index (χ2n) is 5.19. The molecule has 0 spiro atoms. The van der Waals surface area contributed by atoms with Crippen LogP contribution in [-0.4, -0.2) is 36.8 Å². The van der Waals surface area contributed by atoms with E-state index in [0.29, 0.717) is 18.9 Å². The smallest absolute Gasteiger partial charge is 0.233 e. The Bertz CT molecular complexity index is 645. The van der Waals surface area contributed by atoms with E-state index in [-0.39, 0.29) is 11.3 Å². The van der Waals surface area contributed by atoms with Gasteiger partial charge in [0.1, 0.15) is 23.5 Å². The first-order chi connectivity index (χ1) is 11.3. The third-order valence-electron chi connectivity index (χ3n) is 3.71. The Morgan fingerprint density at radius 3 is 2.52 bits per heavy atom. The summed E-state index contributed by atoms with van der Waals surface area (Å²) in [5.41, 5.74) is 1.11. The van der Waals surface area contributed by atoms with Gasteiger partial charge in [-0.25, -0.2) is 0 Å². The predicted octanol–water partition coefficient (Wildman–Crippen LogP) is 3.35. The zero-order chi connectivity index (χ0) is 16.1. The maximum Gasteiger partial charge on any atom is 0.233 e. The molecule has 1 aliphatic heterocycles. The molecule has 1 saturated heterocycles. The highest BCUT2D eigenvalue weighted by Gasteiger charge is 2.32. The minimum Gasteiger partial charge on any atom is -0.497 e. The molecule has 0 bridgehead atoms. The van der Waals surface area contributed by atoms with Crippen LogP contribution in [0.2, 0.25) is 0 Å². The quantitative estimate of drug-likeness (QED) is 0.815. The van der Waals surface area contributed by atoms with Crippen LogP contribution >= 0.6 is 11.8 Å². The molecule has 0 N–H and O–H groups in total. The Kier molecular flexibility index (Phi) is 5.08. The minimum atomic E-state index is 0.0489. The second-order valence-corrected chi connectivity index (χ2v) is 6.25. The predicted molar refractivity (Wildman–Crippen MR) is 91.8 cm³/mol. The average Bonchev–Trinajstić information content (AvgIpc) is 2.97. The molecule has 0 aromatic heterocycles. The van der Waals surface area contributed by atoms with Gasteiger partial charge in [0.25, 0.3) is 0 Å². The van der Waals surface area contributed by atoms with Crippen molar-refractivity contribution in [3.05, 3.63) is 60.2 Å². The normalized spacial score (nSPS) is 17.3. The van der Waals surface area contributed by atoms with E-state index in [4.69, 9.17) is 9.47 Å². The van der Waals surface area contributed by atoms with Crippen LogP contribution in [0.1, 0.15) is 10.9 Å². The Morgan fingerprint density at radius 1 is 1.09 bits per heavy atom. The van der Waals surface area contributed by atoms with E-state index in [1.807, 2.05) is 59.5 Å². The molecule has 0 saturated carbocycles. The van der Waals surface area contributed by atoms with Crippen molar-refractivity contribution < 1.29 is 14.3 Å². The molecule has 23 heavy (non-hydrogen) atoms. The van der Waals surface area contributed by atoms with E-state index in [1.54, 1.807) is 18.9 Å². The number of nitrogens with zero attached hydrogens (tertiary/aromatic N) is 1. The summed E-state index contributed by atoms with van der Waals surface area (Å²) < 4.78 is 10.9. The van der Waals surface area contributed by atoms with Gasteiger partial charge in [0.05, 0.1) is 19.4 Å². The summed E-state index contributed by atoms with van der Waals surface area (Å²) in [4.78, 5) is 14.0. The molecule has 1 fully saturated rings. The summed E-state index contributed by atoms with van der Waals surface area (Å²) in [6.45, 7) is 1.07. The van der Waals surface area contributed by atoms with Crippen molar-refractivity contribution in [3.63, 3.8) is 0 Å². The first-order valence-electron chi connectivity index (χ1n) is 7.51. The minimum absolute atomic E-state index is 0.0489. The van der Waals surface area contributed by atoms with Crippen LogP contribution in [0.5, 0.6) is 11.5 Å². The molecule has 2 aromatic rings. The van der Waals surface area contributed by atoms with Crippen molar-refractivity contribution in [1.82, 2.24) is 4.90 Å². The number of para-hydroxylation sites is 1. The van der Waals surface area contributed by atoms with Crippen LogP contribution < -0.4 is 9.47 Å². The highest BCUT2D eigenvalue weighted by molar-refractivity contribution is 8.00. The number of thioether (sulfide) groups is 1. The molecule has 1 amide bonds. The van der Waals surface area contributed by atoms with Crippen LogP contribution in [-0.2, 0) is 4.79 Å². The lowest BCUT2D eigenvalue weighted by Crippen LogP contribution is -2.32. The van der Waals surface area contributed by atoms with Gasteiger partial charge in [-0.15, -0.1) is 11.8 Å². The van der Waals surface area contributed by atoms with E-state index >= 15 is 0 Å². The maximum atomic E-state index is 12.1. The largest absolute Gasteiger partial charge is 0.497 e. The van der Waals surface area contributed by atoms with Gasteiger partial charge in [0, 0.05) is 0 Å². The SMILES string of the molecule is COc1ccc(C2SCC(=O)N2CCOc2ccccc2)cc1. The van der Waals surface area contributed by atoms with Crippen molar-refractivity contribution in [2.45, 2.75) is 5.37 Å². The van der Waals surface area contributed by atoms with E-state index in [2.05, 4.69) is 0 Å². The van der Waals surface area contributed by atoms with Crippen molar-refractivity contribution in [2.24, 2.45) is 0 Å². The highest BCUT2D eigenvalue weighted by atomic mass is 32.2. The summed E-state index contributed by atoms with van der Waals surface area (Å²) >= 11 is 1.65. The van der Waals surface area contributed by atoms with Gasteiger partial charge >= 0.3 is 0 Å². The van der Waals surface area contributed by atoms with Gasteiger partial charge in [-0.05, 0) is 29.8 Å². The highest BCUT2D eigenvalue weighted by Crippen LogP contribution is 2.38. The Morgan fingerprint density at radius 2 is 1.83 bits per heavy atom. The molecule has 1 unspecified atom stereocenters. The summed E-state index contributed by atoms with van der Waals surface area (Å²) in [6, 6.07) is 17.5. The number of amides is 1. The van der Waals surface area contributed by atoms with Crippen LogP contribution in [0.25, 0.3) is 0 Å². The van der Waals surface area contributed by atoms with Gasteiger partial charge in [-0.1, -0.05) is 30.3 Å². The Balaban J connectivity index is 1.62. The molecule has 0 radical (unpaired) electrons. The van der Waals surface area contributed by atoms with Crippen LogP contribution in [0.4, 0.5) is 0 Å². The fraction of sp³-hybridized carbons (Fsp3) is 0.278. The molecular weight excluding hydrogens is 310 g/mol. The number of hydrogen-bond donors (Lipinski definition) is 0. The Labute approximate surface area is 140 Å². The zero-order valence-corrected chi connectivity index (χ0v) is 13.8. The zero-order valence-electron chi connectivity index (χ0n) is 13.0. The first-order valence-corrected chi connectivity index (χ1v) is 8.55. The number of carbonyl (C=O) groups excluding carboxylic acids is 1. The molecule has 3 rings (SSSR count). The summed E-state index contributed by atoms with van der Waals surface area (Å²) in [6.07, 6.45) is 0. The van der Waals surface area contributed by atoms with Gasteiger partial charge < -0.3 is 14.4 Å². The maximum absolute atomic E-state index is 12.1. The van der Waals surface area contributed by atoms with Gasteiger partial charge in [0.15, 0.2) is 0 Å². The third kappa shape index (κ3) is 3.79. The van der Waals surface area contributed by atoms with E-state index in [0.717, 1.165) is 17.1 Å². The molecule has 2 aromatic carbocycles. The molecule has 5 heteroatoms. The molecular formula is C18H19NO3S. The van der Waals surface area contributed by atoms with E-state index in [9.17, 15) is 4.79 Å². The monoisotopic (exact) mass is 329 g/mol. The summed E-state index contributed by atoms with van der Waals surface area (Å²) in [5.74, 6) is 2.32. The van der Waals surface area contributed by atoms with Gasteiger partial charge in [-0.3, -0.25) is 4.79 Å². The van der Waals surface area contributed by atoms with Crippen molar-refractivity contribution in [1.29, 1.82) is 0 Å². The number of ether oxygens (including phenoxy) is 2. The van der Waals surface area contributed by atoms with Crippen LogP contribution in [0, 0.1) is 0 Å². The lowest BCUT2D eigenvalue weighted by molar-refractivity contribution is -0.128. The standard InChI is InChI=1S/C18H19NO3S/c1-21-15-9-7-14(8-10-15)18-19(17(20)13-23-18)11-12-22-16-5-3-2-4-6-16/h2-10,18H,11-13H2,1H3. The number of methoxy groups -OCH3 is 1. The molecule has 1 atom stereocenters. The number of rotatable bonds is 6. The molecule has 1 aliphatic rings. The molecule has 0 aliphatic carbocycles. The van der Waals surface area contributed by atoms with Crippen LogP contribution in [0.3, 0.4) is 0 Å². The Hall–Kier alpha value is -2.14. The van der Waals surface area contributed by atoms with E-state index < -0.39 is 0 Å². The molecule has 120 valence electrons. The lowest BCUT2D eigenvalue weighted by atomic mass is 10.2. The summed E-state index contributed by atoms with van der Waals surface area (Å²) in [7, 11) is 1.65. The average molecular weight is 329 g/mol. The van der Waals surface area contributed by atoms with Crippen molar-refractivity contribution in [3.8, 4) is 11.5 Å². The second kappa shape index (κ2) is 7.42. The van der Waals surface area contributed by atoms with E-state index in [1.165, 1.54) is 0 Å². The molecule has 4 nitrogen and oxygen atoms in total. The topological polar surface area (TPSA) is 38.8 Å². The van der Waals surface area contributed by atoms with Crippen LogP contribution in [0.15, 0.2) is 54.6 Å². The lowest BCUT2D eigenvalue weighted by Gasteiger charge is -2.24. The van der Waals surface area contributed by atoms with Crippen molar-refractivity contribution in [2.75, 3.05) is 26.0 Å².